The molecular formula is C8H14ClN3S. The molecule has 0 bridgehead atoms. The maximum absolute atomic E-state index is 5.82. The molecule has 1 aromatic heterocycles. The summed E-state index contributed by atoms with van der Waals surface area (Å²) in [6.07, 6.45) is 4.67. The fraction of sp³-hybridized carbons (Fsp3) is 0.750. The van der Waals surface area contributed by atoms with E-state index in [0.29, 0.717) is 12.0 Å². The minimum Gasteiger partial charge on any atom is -0.328 e. The summed E-state index contributed by atoms with van der Waals surface area (Å²) in [5, 5.41) is 9.14. The van der Waals surface area contributed by atoms with E-state index in [-0.39, 0.29) is 12.4 Å². The maximum Gasteiger partial charge on any atom is 0.120 e. The predicted molar refractivity (Wildman–Crippen MR) is 56.3 cm³/mol. The second-order valence-electron chi connectivity index (χ2n) is 3.39. The second-order valence-corrected chi connectivity index (χ2v) is 4.25. The molecule has 2 N–H and O–H groups in total. The third-order valence-corrected chi connectivity index (χ3v) is 3.35. The number of hydrogen-bond donors (Lipinski definition) is 1. The van der Waals surface area contributed by atoms with E-state index in [1.54, 1.807) is 11.3 Å². The lowest BCUT2D eigenvalue weighted by Crippen LogP contribution is -2.25. The normalized spacial score (nSPS) is 28.1. The van der Waals surface area contributed by atoms with E-state index in [1.165, 1.54) is 17.8 Å². The quantitative estimate of drug-likeness (QED) is 0.786. The van der Waals surface area contributed by atoms with Crippen molar-refractivity contribution in [3.8, 4) is 0 Å². The van der Waals surface area contributed by atoms with Crippen LogP contribution >= 0.6 is 23.7 Å². The highest BCUT2D eigenvalue weighted by molar-refractivity contribution is 7.09. The molecule has 1 aliphatic rings. The first kappa shape index (κ1) is 10.9. The van der Waals surface area contributed by atoms with Crippen molar-refractivity contribution in [3.05, 3.63) is 10.5 Å². The number of hydrogen-bond acceptors (Lipinski definition) is 4. The second kappa shape index (κ2) is 4.88. The van der Waals surface area contributed by atoms with Gasteiger partial charge < -0.3 is 5.73 Å². The van der Waals surface area contributed by atoms with Crippen LogP contribution in [-0.4, -0.2) is 16.2 Å². The van der Waals surface area contributed by atoms with E-state index in [1.807, 2.05) is 5.51 Å². The predicted octanol–water partition coefficient (Wildman–Crippen LogP) is 1.94. The number of nitrogens with two attached hydrogens (primary N) is 1. The van der Waals surface area contributed by atoms with E-state index in [0.717, 1.165) is 12.8 Å². The molecule has 0 aliphatic heterocycles. The minimum atomic E-state index is 0. The van der Waals surface area contributed by atoms with Gasteiger partial charge in [-0.3, -0.25) is 0 Å². The minimum absolute atomic E-state index is 0. The van der Waals surface area contributed by atoms with Crippen molar-refractivity contribution in [3.63, 3.8) is 0 Å². The van der Waals surface area contributed by atoms with Gasteiger partial charge in [-0.05, 0) is 25.7 Å². The first-order valence-electron chi connectivity index (χ1n) is 4.38. The topological polar surface area (TPSA) is 51.8 Å². The lowest BCUT2D eigenvalue weighted by atomic mass is 9.87. The molecule has 1 aliphatic carbocycles. The Morgan fingerprint density at radius 2 is 2.00 bits per heavy atom. The van der Waals surface area contributed by atoms with Gasteiger partial charge in [0.2, 0.25) is 0 Å². The third kappa shape index (κ3) is 2.62. The summed E-state index contributed by atoms with van der Waals surface area (Å²) in [7, 11) is 0. The molecule has 0 atom stereocenters. The summed E-state index contributed by atoms with van der Waals surface area (Å²) in [5.41, 5.74) is 7.63. The van der Waals surface area contributed by atoms with Crippen molar-refractivity contribution in [2.45, 2.75) is 37.6 Å². The Labute approximate surface area is 88.2 Å². The Morgan fingerprint density at radius 3 is 2.54 bits per heavy atom. The highest BCUT2D eigenvalue weighted by Crippen LogP contribution is 2.32. The van der Waals surface area contributed by atoms with Crippen LogP contribution in [-0.2, 0) is 0 Å². The summed E-state index contributed by atoms with van der Waals surface area (Å²) in [5.74, 6) is 0.636. The zero-order chi connectivity index (χ0) is 8.39. The summed E-state index contributed by atoms with van der Waals surface area (Å²) >= 11 is 1.67. The maximum atomic E-state index is 5.82. The molecule has 0 amide bonds. The van der Waals surface area contributed by atoms with Gasteiger partial charge in [0, 0.05) is 12.0 Å². The molecule has 2 rings (SSSR count). The van der Waals surface area contributed by atoms with Gasteiger partial charge in [0.15, 0.2) is 0 Å². The molecule has 0 aromatic carbocycles. The molecule has 1 saturated carbocycles. The average Bonchev–Trinajstić information content (AvgIpc) is 2.58. The lowest BCUT2D eigenvalue weighted by molar-refractivity contribution is 0.393. The lowest BCUT2D eigenvalue weighted by Gasteiger charge is -2.23. The van der Waals surface area contributed by atoms with Crippen LogP contribution in [0.4, 0.5) is 0 Å². The number of rotatable bonds is 1. The Balaban J connectivity index is 0.000000845. The van der Waals surface area contributed by atoms with Gasteiger partial charge in [-0.25, -0.2) is 0 Å². The highest BCUT2D eigenvalue weighted by atomic mass is 35.5. The van der Waals surface area contributed by atoms with E-state index >= 15 is 0 Å². The van der Waals surface area contributed by atoms with Crippen LogP contribution in [0.15, 0.2) is 5.51 Å². The van der Waals surface area contributed by atoms with Crippen LogP contribution in [0, 0.1) is 0 Å². The summed E-state index contributed by atoms with van der Waals surface area (Å²) in [4.78, 5) is 0. The van der Waals surface area contributed by atoms with Crippen molar-refractivity contribution in [2.75, 3.05) is 0 Å². The molecule has 0 saturated heterocycles. The third-order valence-electron chi connectivity index (χ3n) is 2.50. The van der Waals surface area contributed by atoms with Gasteiger partial charge in [0.1, 0.15) is 10.5 Å². The first-order valence-corrected chi connectivity index (χ1v) is 5.26. The van der Waals surface area contributed by atoms with Crippen LogP contribution in [0.25, 0.3) is 0 Å². The Morgan fingerprint density at radius 1 is 1.31 bits per heavy atom. The van der Waals surface area contributed by atoms with Crippen LogP contribution in [0.2, 0.25) is 0 Å². The van der Waals surface area contributed by atoms with Crippen LogP contribution < -0.4 is 5.73 Å². The average molecular weight is 220 g/mol. The fourth-order valence-corrected chi connectivity index (χ4v) is 2.45. The van der Waals surface area contributed by atoms with Crippen molar-refractivity contribution in [1.29, 1.82) is 0 Å². The largest absolute Gasteiger partial charge is 0.328 e. The molecule has 74 valence electrons. The zero-order valence-corrected chi connectivity index (χ0v) is 8.98. The molecule has 0 spiro atoms. The van der Waals surface area contributed by atoms with E-state index in [2.05, 4.69) is 10.2 Å². The molecule has 0 unspecified atom stereocenters. The Bertz CT molecular complexity index is 232. The van der Waals surface area contributed by atoms with Crippen molar-refractivity contribution in [2.24, 2.45) is 5.73 Å². The molecule has 3 nitrogen and oxygen atoms in total. The molecule has 13 heavy (non-hydrogen) atoms. The summed E-state index contributed by atoms with van der Waals surface area (Å²) < 4.78 is 0. The van der Waals surface area contributed by atoms with Gasteiger partial charge >= 0.3 is 0 Å². The molecule has 1 fully saturated rings. The summed E-state index contributed by atoms with van der Waals surface area (Å²) in [6.45, 7) is 0. The van der Waals surface area contributed by atoms with Crippen molar-refractivity contribution in [1.82, 2.24) is 10.2 Å². The van der Waals surface area contributed by atoms with Gasteiger partial charge in [0.25, 0.3) is 0 Å². The van der Waals surface area contributed by atoms with Gasteiger partial charge in [-0.15, -0.1) is 33.9 Å². The zero-order valence-electron chi connectivity index (χ0n) is 7.35. The first-order chi connectivity index (χ1) is 5.86. The van der Waals surface area contributed by atoms with E-state index in [9.17, 15) is 0 Å². The van der Waals surface area contributed by atoms with Crippen LogP contribution in [0.5, 0.6) is 0 Å². The molecule has 1 heterocycles. The van der Waals surface area contributed by atoms with Gasteiger partial charge in [-0.1, -0.05) is 0 Å². The molecule has 5 heteroatoms. The highest BCUT2D eigenvalue weighted by Gasteiger charge is 2.21. The number of aromatic nitrogens is 2. The van der Waals surface area contributed by atoms with Crippen molar-refractivity contribution < 1.29 is 0 Å². The molecule has 1 aromatic rings. The van der Waals surface area contributed by atoms with Gasteiger partial charge in [-0.2, -0.15) is 0 Å². The van der Waals surface area contributed by atoms with E-state index < -0.39 is 0 Å². The Kier molecular flexibility index (Phi) is 4.09. The van der Waals surface area contributed by atoms with Crippen molar-refractivity contribution >= 4 is 23.7 Å². The molecule has 0 radical (unpaired) electrons. The Hall–Kier alpha value is -0.190. The standard InChI is InChI=1S/C8H13N3S.ClH/c9-7-3-1-6(2-4-7)8-11-10-5-12-8;/h5-7H,1-4,9H2;1H/t6-,7+;. The van der Waals surface area contributed by atoms with Gasteiger partial charge in [0.05, 0.1) is 0 Å². The number of nitrogens with zero attached hydrogens (tertiary/aromatic N) is 2. The smallest absolute Gasteiger partial charge is 0.120 e. The summed E-state index contributed by atoms with van der Waals surface area (Å²) in [6, 6.07) is 0.425. The number of halogens is 1. The van der Waals surface area contributed by atoms with E-state index in [4.69, 9.17) is 5.73 Å². The molecular weight excluding hydrogens is 206 g/mol. The van der Waals surface area contributed by atoms with Crippen LogP contribution in [0.1, 0.15) is 36.6 Å². The van der Waals surface area contributed by atoms with Crippen LogP contribution in [0.3, 0.4) is 0 Å². The fourth-order valence-electron chi connectivity index (χ4n) is 1.73. The monoisotopic (exact) mass is 219 g/mol. The SMILES string of the molecule is Cl.N[C@H]1CC[C@@H](c2nncs2)CC1.